The maximum Gasteiger partial charge on any atom is 0.324 e. The van der Waals surface area contributed by atoms with Crippen molar-refractivity contribution >= 4 is 17.6 Å². The summed E-state index contributed by atoms with van der Waals surface area (Å²) in [5.41, 5.74) is 3.30. The van der Waals surface area contributed by atoms with Crippen molar-refractivity contribution in [2.24, 2.45) is 0 Å². The molecule has 4 aliphatic heterocycles. The Hall–Kier alpha value is -4.40. The van der Waals surface area contributed by atoms with Gasteiger partial charge >= 0.3 is 6.03 Å². The van der Waals surface area contributed by atoms with Crippen LogP contribution in [0.4, 0.5) is 10.5 Å². The lowest BCUT2D eigenvalue weighted by molar-refractivity contribution is -0.120. The molecule has 2 saturated heterocycles. The smallest absolute Gasteiger partial charge is 0.324 e. The Labute approximate surface area is 265 Å². The number of carbonyl (C=O) groups is 2. The molecule has 4 aliphatic rings. The Morgan fingerprint density at radius 2 is 2.02 bits per heavy atom. The molecule has 0 bridgehead atoms. The summed E-state index contributed by atoms with van der Waals surface area (Å²) in [5.74, 6) is -0.173. The van der Waals surface area contributed by atoms with E-state index in [1.165, 1.54) is 0 Å². The Morgan fingerprint density at radius 3 is 2.73 bits per heavy atom. The van der Waals surface area contributed by atoms with Crippen molar-refractivity contribution in [3.63, 3.8) is 0 Å². The molecular weight excluding hydrogens is 568 g/mol. The minimum Gasteiger partial charge on any atom is -0.363 e. The van der Waals surface area contributed by atoms with Gasteiger partial charge in [-0.05, 0) is 69.6 Å². The van der Waals surface area contributed by atoms with E-state index >= 15 is 0 Å². The number of piperazine rings is 1. The fourth-order valence-electron chi connectivity index (χ4n) is 7.04. The van der Waals surface area contributed by atoms with Crippen LogP contribution >= 0.6 is 0 Å². The van der Waals surface area contributed by atoms with E-state index < -0.39 is 5.72 Å². The van der Waals surface area contributed by atoms with Gasteiger partial charge in [-0.3, -0.25) is 14.7 Å². The highest BCUT2D eigenvalue weighted by Crippen LogP contribution is 2.35. The third-order valence-corrected chi connectivity index (χ3v) is 9.34. The predicted octanol–water partition coefficient (Wildman–Crippen LogP) is 2.91. The lowest BCUT2D eigenvalue weighted by Gasteiger charge is -2.46. The maximum atomic E-state index is 14.1. The highest BCUT2D eigenvalue weighted by atomic mass is 16.5. The number of hydrogen-bond donors (Lipinski definition) is 2. The molecule has 3 atom stereocenters. The number of nitrogens with one attached hydrogen (secondary N) is 2. The van der Waals surface area contributed by atoms with Gasteiger partial charge in [0, 0.05) is 69.4 Å². The molecule has 45 heavy (non-hydrogen) atoms. The van der Waals surface area contributed by atoms with Crippen LogP contribution in [0.3, 0.4) is 0 Å². The maximum absolute atomic E-state index is 14.1. The first kappa shape index (κ1) is 30.6. The average Bonchev–Trinajstić information content (AvgIpc) is 3.70. The normalized spacial score (nSPS) is 24.8. The monoisotopic (exact) mass is 610 g/mol. The average molecular weight is 611 g/mol. The fraction of sp³-hybridized carbons (Fsp3) is 0.471. The van der Waals surface area contributed by atoms with Gasteiger partial charge in [-0.2, -0.15) is 5.26 Å². The highest BCUT2D eigenvalue weighted by Gasteiger charge is 2.41. The van der Waals surface area contributed by atoms with E-state index in [1.54, 1.807) is 23.4 Å². The third kappa shape index (κ3) is 5.88. The van der Waals surface area contributed by atoms with E-state index in [2.05, 4.69) is 45.5 Å². The molecule has 3 amide bonds. The number of nitrogens with zero attached hydrogens (tertiary/aromatic N) is 6. The summed E-state index contributed by atoms with van der Waals surface area (Å²) < 4.78 is 6.31. The SMILES string of the molecule is CCOC1(c2cccnc2)C=CC(N2CCN(C(=O)N3CCc4cccc(C#N)c43)C[C@H]2CC)=C(C(=O)N[C@@H]2CCN(C)C2)N1. The summed E-state index contributed by atoms with van der Waals surface area (Å²) >= 11 is 0. The van der Waals surface area contributed by atoms with E-state index in [-0.39, 0.29) is 24.0 Å². The van der Waals surface area contributed by atoms with Crippen LogP contribution in [-0.2, 0) is 21.7 Å². The number of fused-ring (bicyclic) bond motifs is 1. The van der Waals surface area contributed by atoms with Gasteiger partial charge in [-0.25, -0.2) is 4.79 Å². The van der Waals surface area contributed by atoms with Crippen LogP contribution in [-0.4, -0.2) is 96.6 Å². The van der Waals surface area contributed by atoms with Crippen LogP contribution in [0.15, 0.2) is 66.3 Å². The Kier molecular flexibility index (Phi) is 8.79. The molecule has 1 aromatic carbocycles. The number of likely N-dealkylation sites (tertiary alicyclic amines) is 1. The number of amides is 3. The van der Waals surface area contributed by atoms with Gasteiger partial charge in [-0.15, -0.1) is 0 Å². The number of allylic oxidation sites excluding steroid dienone is 1. The Balaban J connectivity index is 1.28. The zero-order valence-corrected chi connectivity index (χ0v) is 26.3. The number of carbonyl (C=O) groups excluding carboxylic acids is 2. The highest BCUT2D eigenvalue weighted by molar-refractivity contribution is 5.96. The Bertz CT molecular complexity index is 1540. The summed E-state index contributed by atoms with van der Waals surface area (Å²) in [7, 11) is 2.06. The van der Waals surface area contributed by atoms with E-state index in [1.807, 2.05) is 48.2 Å². The van der Waals surface area contributed by atoms with Gasteiger partial charge in [0.05, 0.1) is 16.9 Å². The number of anilines is 1. The quantitative estimate of drug-likeness (QED) is 0.492. The first-order valence-corrected chi connectivity index (χ1v) is 16.0. The molecule has 1 unspecified atom stereocenters. The molecule has 11 heteroatoms. The predicted molar refractivity (Wildman–Crippen MR) is 171 cm³/mol. The first-order chi connectivity index (χ1) is 21.9. The van der Waals surface area contributed by atoms with Crippen molar-refractivity contribution in [1.82, 2.24) is 30.3 Å². The van der Waals surface area contributed by atoms with Crippen molar-refractivity contribution in [2.45, 2.75) is 50.9 Å². The zero-order valence-electron chi connectivity index (χ0n) is 26.3. The number of aromatic nitrogens is 1. The first-order valence-electron chi connectivity index (χ1n) is 16.0. The molecule has 0 saturated carbocycles. The Morgan fingerprint density at radius 1 is 1.16 bits per heavy atom. The van der Waals surface area contributed by atoms with Crippen molar-refractivity contribution in [3.05, 3.63) is 83.0 Å². The molecule has 11 nitrogen and oxygen atoms in total. The van der Waals surface area contributed by atoms with Crippen LogP contribution in [0.25, 0.3) is 0 Å². The fourth-order valence-corrected chi connectivity index (χ4v) is 7.04. The molecule has 2 aromatic rings. The van der Waals surface area contributed by atoms with E-state index in [9.17, 15) is 14.9 Å². The lowest BCUT2D eigenvalue weighted by atomic mass is 9.97. The number of hydrogen-bond acceptors (Lipinski definition) is 8. The van der Waals surface area contributed by atoms with Crippen LogP contribution in [0.1, 0.15) is 43.4 Å². The van der Waals surface area contributed by atoms with Crippen LogP contribution in [0, 0.1) is 11.3 Å². The largest absolute Gasteiger partial charge is 0.363 e. The molecule has 1 aromatic heterocycles. The second kappa shape index (κ2) is 12.9. The van der Waals surface area contributed by atoms with Gasteiger partial charge in [0.15, 0.2) is 5.72 Å². The van der Waals surface area contributed by atoms with Crippen LogP contribution < -0.4 is 15.5 Å². The number of benzene rings is 1. The third-order valence-electron chi connectivity index (χ3n) is 9.34. The number of ether oxygens (including phenoxy) is 1. The number of dihydropyridines is 1. The van der Waals surface area contributed by atoms with E-state index in [0.29, 0.717) is 44.0 Å². The summed E-state index contributed by atoms with van der Waals surface area (Å²) in [6.45, 7) is 8.34. The molecular formula is C34H42N8O3. The minimum absolute atomic E-state index is 0.0177. The topological polar surface area (TPSA) is 117 Å². The number of urea groups is 1. The number of rotatable bonds is 7. The summed E-state index contributed by atoms with van der Waals surface area (Å²) in [5, 5.41) is 16.5. The van der Waals surface area contributed by atoms with Crippen molar-refractivity contribution in [1.29, 1.82) is 5.26 Å². The second-order valence-corrected chi connectivity index (χ2v) is 12.2. The van der Waals surface area contributed by atoms with Gasteiger partial charge in [-0.1, -0.05) is 25.1 Å². The molecule has 2 fully saturated rings. The number of nitriles is 1. The second-order valence-electron chi connectivity index (χ2n) is 12.2. The van der Waals surface area contributed by atoms with Crippen LogP contribution in [0.5, 0.6) is 0 Å². The molecule has 0 aliphatic carbocycles. The number of pyridine rings is 1. The van der Waals surface area contributed by atoms with Crippen molar-refractivity contribution < 1.29 is 14.3 Å². The van der Waals surface area contributed by atoms with Gasteiger partial charge in [0.2, 0.25) is 0 Å². The molecule has 0 spiro atoms. The lowest BCUT2D eigenvalue weighted by Crippen LogP contribution is -2.58. The molecule has 236 valence electrons. The number of likely N-dealkylation sites (N-methyl/N-ethyl adjacent to an activating group) is 1. The van der Waals surface area contributed by atoms with Crippen LogP contribution in [0.2, 0.25) is 0 Å². The molecule has 2 N–H and O–H groups in total. The molecule has 6 rings (SSSR count). The van der Waals surface area contributed by atoms with E-state index in [0.717, 1.165) is 54.9 Å². The van der Waals surface area contributed by atoms with Crippen molar-refractivity contribution in [3.8, 4) is 6.07 Å². The molecule has 5 heterocycles. The molecule has 0 radical (unpaired) electrons. The summed E-state index contributed by atoms with van der Waals surface area (Å²) in [4.78, 5) is 40.4. The number of para-hydroxylation sites is 1. The van der Waals surface area contributed by atoms with Crippen molar-refractivity contribution in [2.75, 3.05) is 57.8 Å². The summed E-state index contributed by atoms with van der Waals surface area (Å²) in [6.07, 6.45) is 9.85. The van der Waals surface area contributed by atoms with E-state index in [4.69, 9.17) is 4.74 Å². The van der Waals surface area contributed by atoms with Gasteiger partial charge < -0.3 is 30.1 Å². The minimum atomic E-state index is -1.05. The summed E-state index contributed by atoms with van der Waals surface area (Å²) in [6, 6.07) is 11.7. The zero-order chi connectivity index (χ0) is 31.6. The van der Waals surface area contributed by atoms with Gasteiger partial charge in [0.25, 0.3) is 5.91 Å². The standard InChI is InChI=1S/C34H42N8O3/c1-4-28-23-40(33(44)42-17-12-24-8-6-9-25(20-35)31(24)42)18-19-41(28)29-11-14-34(45-5-2,26-10-7-15-36-21-26)38-30(29)32(43)37-27-13-16-39(3)22-27/h6-11,14-15,21,27-28,38H,4-5,12-13,16-19,22-23H2,1-3H3,(H,37,43)/t27-,28-,34?/m1/s1. The van der Waals surface area contributed by atoms with Gasteiger partial charge in [0.1, 0.15) is 11.8 Å².